The molecule has 0 heterocycles. The van der Waals surface area contributed by atoms with Gasteiger partial charge in [0.1, 0.15) is 11.8 Å². The standard InChI is InChI=1S/C27H38ClN3O5S/c1-5-7-18-29-27(33)25(6-2)30(20-21-10-12-22(28)13-11-21)26(32)9-8-19-31(37(4,34)35)23-14-16-24(36-3)17-15-23/h10-17,25H,5-9,18-20H2,1-4H3,(H,29,33)/t25-/m1/s1. The summed E-state index contributed by atoms with van der Waals surface area (Å²) in [5.41, 5.74) is 1.35. The molecule has 1 atom stereocenters. The molecule has 0 fully saturated rings. The number of hydrogen-bond acceptors (Lipinski definition) is 5. The second-order valence-electron chi connectivity index (χ2n) is 8.85. The number of sulfonamides is 1. The van der Waals surface area contributed by atoms with E-state index in [1.807, 2.05) is 26.0 Å². The lowest BCUT2D eigenvalue weighted by molar-refractivity contribution is -0.141. The summed E-state index contributed by atoms with van der Waals surface area (Å²) in [6.45, 7) is 4.86. The van der Waals surface area contributed by atoms with Gasteiger partial charge < -0.3 is 15.0 Å². The van der Waals surface area contributed by atoms with Crippen molar-refractivity contribution in [1.29, 1.82) is 0 Å². The predicted octanol–water partition coefficient (Wildman–Crippen LogP) is 4.62. The summed E-state index contributed by atoms with van der Waals surface area (Å²) in [6.07, 6.45) is 3.80. The van der Waals surface area contributed by atoms with E-state index in [4.69, 9.17) is 16.3 Å². The fourth-order valence-electron chi connectivity index (χ4n) is 3.96. The summed E-state index contributed by atoms with van der Waals surface area (Å²) in [4.78, 5) is 28.0. The molecule has 0 aliphatic rings. The van der Waals surface area contributed by atoms with Gasteiger partial charge in [-0.25, -0.2) is 8.42 Å². The zero-order chi connectivity index (χ0) is 27.4. The van der Waals surface area contributed by atoms with Crippen LogP contribution in [0.25, 0.3) is 0 Å². The Morgan fingerprint density at radius 3 is 2.22 bits per heavy atom. The van der Waals surface area contributed by atoms with Gasteiger partial charge in [0.05, 0.1) is 19.1 Å². The van der Waals surface area contributed by atoms with Crippen molar-refractivity contribution in [3.63, 3.8) is 0 Å². The molecule has 10 heteroatoms. The fraction of sp³-hybridized carbons (Fsp3) is 0.481. The van der Waals surface area contributed by atoms with Crippen molar-refractivity contribution >= 4 is 39.1 Å². The van der Waals surface area contributed by atoms with Gasteiger partial charge in [0.2, 0.25) is 21.8 Å². The Morgan fingerprint density at radius 2 is 1.68 bits per heavy atom. The number of anilines is 1. The van der Waals surface area contributed by atoms with E-state index >= 15 is 0 Å². The number of halogens is 1. The van der Waals surface area contributed by atoms with Crippen LogP contribution in [-0.4, -0.2) is 57.6 Å². The van der Waals surface area contributed by atoms with Crippen LogP contribution in [-0.2, 0) is 26.2 Å². The Labute approximate surface area is 226 Å². The van der Waals surface area contributed by atoms with Gasteiger partial charge in [0.15, 0.2) is 0 Å². The van der Waals surface area contributed by atoms with Crippen LogP contribution in [0.15, 0.2) is 48.5 Å². The molecule has 37 heavy (non-hydrogen) atoms. The number of rotatable bonds is 15. The van der Waals surface area contributed by atoms with E-state index in [1.165, 1.54) is 4.31 Å². The number of unbranched alkanes of at least 4 members (excludes halogenated alkanes) is 1. The molecule has 0 radical (unpaired) electrons. The summed E-state index contributed by atoms with van der Waals surface area (Å²) in [6, 6.07) is 13.3. The van der Waals surface area contributed by atoms with Gasteiger partial charge in [-0.05, 0) is 61.2 Å². The van der Waals surface area contributed by atoms with E-state index in [1.54, 1.807) is 48.4 Å². The Bertz CT molecular complexity index is 1110. The molecule has 8 nitrogen and oxygen atoms in total. The summed E-state index contributed by atoms with van der Waals surface area (Å²) < 4.78 is 31.4. The zero-order valence-electron chi connectivity index (χ0n) is 22.1. The maximum absolute atomic E-state index is 13.4. The Balaban J connectivity index is 2.18. The van der Waals surface area contributed by atoms with E-state index in [-0.39, 0.29) is 31.3 Å². The number of amides is 2. The quantitative estimate of drug-likeness (QED) is 0.326. The van der Waals surface area contributed by atoms with Gasteiger partial charge in [0, 0.05) is 31.1 Å². The van der Waals surface area contributed by atoms with E-state index in [2.05, 4.69) is 5.32 Å². The number of benzene rings is 2. The third-order valence-electron chi connectivity index (χ3n) is 5.99. The van der Waals surface area contributed by atoms with Crippen LogP contribution in [0.2, 0.25) is 5.02 Å². The molecule has 1 N–H and O–H groups in total. The Morgan fingerprint density at radius 1 is 1.03 bits per heavy atom. The summed E-state index contributed by atoms with van der Waals surface area (Å²) in [5, 5.41) is 3.53. The van der Waals surface area contributed by atoms with Gasteiger partial charge in [0.25, 0.3) is 0 Å². The zero-order valence-corrected chi connectivity index (χ0v) is 23.6. The fourth-order valence-corrected chi connectivity index (χ4v) is 5.06. The van der Waals surface area contributed by atoms with E-state index in [0.29, 0.717) is 35.8 Å². The number of carbonyl (C=O) groups is 2. The minimum atomic E-state index is -3.56. The minimum Gasteiger partial charge on any atom is -0.497 e. The predicted molar refractivity (Wildman–Crippen MR) is 148 cm³/mol. The first-order valence-corrected chi connectivity index (χ1v) is 14.8. The molecular formula is C27H38ClN3O5S. The van der Waals surface area contributed by atoms with Crippen molar-refractivity contribution in [2.75, 3.05) is 30.8 Å². The SMILES string of the molecule is CCCCNC(=O)[C@@H](CC)N(Cc1ccc(Cl)cc1)C(=O)CCCN(c1ccc(OC)cc1)S(C)(=O)=O. The lowest BCUT2D eigenvalue weighted by Crippen LogP contribution is -2.49. The van der Waals surface area contributed by atoms with Gasteiger partial charge in [-0.15, -0.1) is 0 Å². The molecule has 204 valence electrons. The molecule has 2 aromatic rings. The Hall–Kier alpha value is -2.78. The van der Waals surface area contributed by atoms with Crippen molar-refractivity contribution in [1.82, 2.24) is 10.2 Å². The first-order valence-electron chi connectivity index (χ1n) is 12.5. The maximum Gasteiger partial charge on any atom is 0.242 e. The van der Waals surface area contributed by atoms with Gasteiger partial charge in [-0.1, -0.05) is 44.0 Å². The highest BCUT2D eigenvalue weighted by atomic mass is 35.5. The van der Waals surface area contributed by atoms with Crippen molar-refractivity contribution in [2.45, 2.75) is 58.5 Å². The average molecular weight is 552 g/mol. The maximum atomic E-state index is 13.4. The minimum absolute atomic E-state index is 0.0918. The van der Waals surface area contributed by atoms with E-state index < -0.39 is 16.1 Å². The molecule has 2 rings (SSSR count). The smallest absolute Gasteiger partial charge is 0.242 e. The van der Waals surface area contributed by atoms with Gasteiger partial charge in [-0.3, -0.25) is 13.9 Å². The lowest BCUT2D eigenvalue weighted by Gasteiger charge is -2.31. The van der Waals surface area contributed by atoms with Crippen LogP contribution in [0.5, 0.6) is 5.75 Å². The molecule has 0 saturated heterocycles. The van der Waals surface area contributed by atoms with E-state index in [0.717, 1.165) is 24.7 Å². The van der Waals surface area contributed by atoms with Crippen LogP contribution < -0.4 is 14.4 Å². The second kappa shape index (κ2) is 14.8. The van der Waals surface area contributed by atoms with E-state index in [9.17, 15) is 18.0 Å². The first-order chi connectivity index (χ1) is 17.6. The van der Waals surface area contributed by atoms with Gasteiger partial charge >= 0.3 is 0 Å². The topological polar surface area (TPSA) is 96.0 Å². The third kappa shape index (κ3) is 9.55. The summed E-state index contributed by atoms with van der Waals surface area (Å²) in [7, 11) is -2.02. The molecule has 0 saturated carbocycles. The molecule has 0 aliphatic heterocycles. The second-order valence-corrected chi connectivity index (χ2v) is 11.2. The summed E-state index contributed by atoms with van der Waals surface area (Å²) >= 11 is 6.02. The van der Waals surface area contributed by atoms with Crippen molar-refractivity contribution < 1.29 is 22.7 Å². The highest BCUT2D eigenvalue weighted by Crippen LogP contribution is 2.23. The number of carbonyl (C=O) groups excluding carboxylic acids is 2. The van der Waals surface area contributed by atoms with Crippen LogP contribution >= 0.6 is 11.6 Å². The van der Waals surface area contributed by atoms with Crippen LogP contribution in [0, 0.1) is 0 Å². The highest BCUT2D eigenvalue weighted by molar-refractivity contribution is 7.92. The lowest BCUT2D eigenvalue weighted by atomic mass is 10.1. The number of methoxy groups -OCH3 is 1. The number of nitrogens with zero attached hydrogens (tertiary/aromatic N) is 2. The molecule has 0 aliphatic carbocycles. The number of nitrogens with one attached hydrogen (secondary N) is 1. The number of hydrogen-bond donors (Lipinski definition) is 1. The van der Waals surface area contributed by atoms with Crippen molar-refractivity contribution in [3.8, 4) is 5.75 Å². The molecule has 0 unspecified atom stereocenters. The first kappa shape index (κ1) is 30.4. The molecule has 0 spiro atoms. The van der Waals surface area contributed by atoms with Crippen LogP contribution in [0.4, 0.5) is 5.69 Å². The monoisotopic (exact) mass is 551 g/mol. The largest absolute Gasteiger partial charge is 0.497 e. The summed E-state index contributed by atoms with van der Waals surface area (Å²) in [5.74, 6) is 0.220. The third-order valence-corrected chi connectivity index (χ3v) is 7.44. The normalized spacial score (nSPS) is 12.0. The number of ether oxygens (including phenoxy) is 1. The molecule has 2 aromatic carbocycles. The van der Waals surface area contributed by atoms with Crippen molar-refractivity contribution in [3.05, 3.63) is 59.1 Å². The molecular weight excluding hydrogens is 514 g/mol. The van der Waals surface area contributed by atoms with Crippen LogP contribution in [0.1, 0.15) is 51.5 Å². The van der Waals surface area contributed by atoms with Crippen molar-refractivity contribution in [2.24, 2.45) is 0 Å². The average Bonchev–Trinajstić information content (AvgIpc) is 2.87. The van der Waals surface area contributed by atoms with Crippen LogP contribution in [0.3, 0.4) is 0 Å². The highest BCUT2D eigenvalue weighted by Gasteiger charge is 2.28. The Kier molecular flexibility index (Phi) is 12.2. The van der Waals surface area contributed by atoms with Gasteiger partial charge in [-0.2, -0.15) is 0 Å². The molecule has 0 aromatic heterocycles. The molecule has 0 bridgehead atoms. The molecule has 2 amide bonds.